The predicted molar refractivity (Wildman–Crippen MR) is 85.6 cm³/mol. The third kappa shape index (κ3) is 5.05. The first-order chi connectivity index (χ1) is 10.2. The third-order valence-corrected chi connectivity index (χ3v) is 3.44. The Morgan fingerprint density at radius 1 is 1.10 bits per heavy atom. The van der Waals surface area contributed by atoms with Gasteiger partial charge in [-0.15, -0.1) is 0 Å². The first-order valence-electron chi connectivity index (χ1n) is 6.99. The molecule has 0 unspecified atom stereocenters. The summed E-state index contributed by atoms with van der Waals surface area (Å²) in [5.41, 5.74) is 2.02. The summed E-state index contributed by atoms with van der Waals surface area (Å²) in [5.74, 6) is 0.829. The molecule has 2 aromatic carbocycles. The molecule has 3 nitrogen and oxygen atoms in total. The van der Waals surface area contributed by atoms with E-state index in [1.54, 1.807) is 6.92 Å². The number of para-hydroxylation sites is 1. The molecule has 0 aliphatic carbocycles. The minimum Gasteiger partial charge on any atom is -0.489 e. The molecule has 0 spiro atoms. The van der Waals surface area contributed by atoms with Crippen LogP contribution in [0.4, 0.5) is 0 Å². The van der Waals surface area contributed by atoms with Crippen LogP contribution in [0.1, 0.15) is 18.1 Å². The van der Waals surface area contributed by atoms with Crippen LogP contribution in [0.2, 0.25) is 5.02 Å². The summed E-state index contributed by atoms with van der Waals surface area (Å²) in [6.45, 7) is 3.41. The molecule has 1 atom stereocenters. The molecule has 21 heavy (non-hydrogen) atoms. The molecule has 2 aromatic rings. The molecule has 2 N–H and O–H groups in total. The molecule has 0 heterocycles. The van der Waals surface area contributed by atoms with Crippen LogP contribution in [0.5, 0.6) is 5.75 Å². The normalized spacial score (nSPS) is 12.1. The van der Waals surface area contributed by atoms with Gasteiger partial charge in [0.15, 0.2) is 0 Å². The fourth-order valence-corrected chi connectivity index (χ4v) is 2.17. The van der Waals surface area contributed by atoms with Gasteiger partial charge >= 0.3 is 0 Å². The van der Waals surface area contributed by atoms with E-state index >= 15 is 0 Å². The highest BCUT2D eigenvalue weighted by atomic mass is 35.5. The molecule has 0 aliphatic rings. The fourth-order valence-electron chi connectivity index (χ4n) is 1.98. The van der Waals surface area contributed by atoms with Gasteiger partial charge in [-0.2, -0.15) is 0 Å². The number of nitrogens with one attached hydrogen (secondary N) is 1. The zero-order valence-corrected chi connectivity index (χ0v) is 12.8. The SMILES string of the molecule is C[C@H](O)CNCc1ccccc1OCc1ccccc1Cl. The maximum Gasteiger partial charge on any atom is 0.124 e. The number of halogens is 1. The molecular formula is C17H20ClNO2. The van der Waals surface area contributed by atoms with E-state index in [0.717, 1.165) is 16.9 Å². The second-order valence-corrected chi connectivity index (χ2v) is 5.37. The van der Waals surface area contributed by atoms with Gasteiger partial charge in [0.25, 0.3) is 0 Å². The molecule has 2 rings (SSSR count). The fraction of sp³-hybridized carbons (Fsp3) is 0.294. The number of rotatable bonds is 7. The van der Waals surface area contributed by atoms with Crippen molar-refractivity contribution in [1.29, 1.82) is 0 Å². The van der Waals surface area contributed by atoms with Crippen molar-refractivity contribution >= 4 is 11.6 Å². The number of benzene rings is 2. The predicted octanol–water partition coefficient (Wildman–Crippen LogP) is 3.39. The van der Waals surface area contributed by atoms with Crippen LogP contribution >= 0.6 is 11.6 Å². The molecule has 0 saturated heterocycles. The summed E-state index contributed by atoms with van der Waals surface area (Å²) < 4.78 is 5.87. The highest BCUT2D eigenvalue weighted by Crippen LogP contribution is 2.21. The van der Waals surface area contributed by atoms with Crippen molar-refractivity contribution in [3.8, 4) is 5.75 Å². The number of hydrogen-bond donors (Lipinski definition) is 2. The second-order valence-electron chi connectivity index (χ2n) is 4.97. The molecule has 0 bridgehead atoms. The van der Waals surface area contributed by atoms with Crippen molar-refractivity contribution < 1.29 is 9.84 Å². The minimum absolute atomic E-state index is 0.360. The third-order valence-electron chi connectivity index (χ3n) is 3.07. The Balaban J connectivity index is 1.98. The summed E-state index contributed by atoms with van der Waals surface area (Å²) in [6, 6.07) is 15.5. The quantitative estimate of drug-likeness (QED) is 0.824. The number of ether oxygens (including phenoxy) is 1. The van der Waals surface area contributed by atoms with E-state index in [0.29, 0.717) is 24.7 Å². The Bertz CT molecular complexity index is 572. The Morgan fingerprint density at radius 2 is 1.76 bits per heavy atom. The van der Waals surface area contributed by atoms with E-state index in [2.05, 4.69) is 5.32 Å². The summed E-state index contributed by atoms with van der Waals surface area (Å²) in [7, 11) is 0. The van der Waals surface area contributed by atoms with Crippen LogP contribution in [0.3, 0.4) is 0 Å². The maximum absolute atomic E-state index is 9.27. The van der Waals surface area contributed by atoms with Crippen molar-refractivity contribution in [2.45, 2.75) is 26.2 Å². The molecule has 0 radical (unpaired) electrons. The standard InChI is InChI=1S/C17H20ClNO2/c1-13(20)10-19-11-14-6-3-5-9-17(14)21-12-15-7-2-4-8-16(15)18/h2-9,13,19-20H,10-12H2,1H3/t13-/m0/s1. The molecule has 0 amide bonds. The van der Waals surface area contributed by atoms with Crippen LogP contribution in [0.15, 0.2) is 48.5 Å². The van der Waals surface area contributed by atoms with Crippen LogP contribution in [0, 0.1) is 0 Å². The van der Waals surface area contributed by atoms with E-state index in [-0.39, 0.29) is 6.10 Å². The highest BCUT2D eigenvalue weighted by molar-refractivity contribution is 6.31. The van der Waals surface area contributed by atoms with Crippen molar-refractivity contribution in [3.05, 3.63) is 64.7 Å². The Kier molecular flexibility index (Phi) is 6.05. The van der Waals surface area contributed by atoms with Gasteiger partial charge in [-0.3, -0.25) is 0 Å². The summed E-state index contributed by atoms with van der Waals surface area (Å²) in [4.78, 5) is 0. The molecule has 0 aliphatic heterocycles. The van der Waals surface area contributed by atoms with Gasteiger partial charge in [-0.05, 0) is 19.1 Å². The van der Waals surface area contributed by atoms with Gasteiger partial charge in [0.1, 0.15) is 12.4 Å². The van der Waals surface area contributed by atoms with E-state index in [1.807, 2.05) is 48.5 Å². The molecule has 112 valence electrons. The van der Waals surface area contributed by atoms with Gasteiger partial charge in [-0.1, -0.05) is 48.0 Å². The van der Waals surface area contributed by atoms with Crippen molar-refractivity contribution in [3.63, 3.8) is 0 Å². The average molecular weight is 306 g/mol. The maximum atomic E-state index is 9.27. The molecular weight excluding hydrogens is 286 g/mol. The Hall–Kier alpha value is -1.55. The van der Waals surface area contributed by atoms with Gasteiger partial charge in [0, 0.05) is 29.2 Å². The average Bonchev–Trinajstić information content (AvgIpc) is 2.47. The monoisotopic (exact) mass is 305 g/mol. The smallest absolute Gasteiger partial charge is 0.124 e. The number of hydrogen-bond acceptors (Lipinski definition) is 3. The van der Waals surface area contributed by atoms with Gasteiger partial charge < -0.3 is 15.2 Å². The zero-order chi connectivity index (χ0) is 15.1. The Labute approximate surface area is 130 Å². The Morgan fingerprint density at radius 3 is 2.48 bits per heavy atom. The first-order valence-corrected chi connectivity index (χ1v) is 7.37. The van der Waals surface area contributed by atoms with Crippen LogP contribution in [0.25, 0.3) is 0 Å². The molecule has 0 saturated carbocycles. The van der Waals surface area contributed by atoms with Crippen LogP contribution in [-0.4, -0.2) is 17.8 Å². The van der Waals surface area contributed by atoms with Gasteiger partial charge in [-0.25, -0.2) is 0 Å². The lowest BCUT2D eigenvalue weighted by molar-refractivity contribution is 0.190. The molecule has 0 aromatic heterocycles. The summed E-state index contributed by atoms with van der Waals surface area (Å²) >= 11 is 6.13. The second kappa shape index (κ2) is 8.03. The van der Waals surface area contributed by atoms with Crippen LogP contribution in [-0.2, 0) is 13.2 Å². The van der Waals surface area contributed by atoms with Gasteiger partial charge in [0.05, 0.1) is 6.10 Å². The number of aliphatic hydroxyl groups excluding tert-OH is 1. The highest BCUT2D eigenvalue weighted by Gasteiger charge is 2.05. The lowest BCUT2D eigenvalue weighted by atomic mass is 10.2. The zero-order valence-electron chi connectivity index (χ0n) is 12.1. The van der Waals surface area contributed by atoms with E-state index in [9.17, 15) is 5.11 Å². The number of aliphatic hydroxyl groups is 1. The summed E-state index contributed by atoms with van der Waals surface area (Å²) in [5, 5.41) is 13.2. The topological polar surface area (TPSA) is 41.5 Å². The lowest BCUT2D eigenvalue weighted by Crippen LogP contribution is -2.24. The van der Waals surface area contributed by atoms with Crippen molar-refractivity contribution in [2.24, 2.45) is 0 Å². The first kappa shape index (κ1) is 15.8. The summed E-state index contributed by atoms with van der Waals surface area (Å²) in [6.07, 6.45) is -0.360. The van der Waals surface area contributed by atoms with E-state index in [4.69, 9.17) is 16.3 Å². The van der Waals surface area contributed by atoms with Crippen molar-refractivity contribution in [2.75, 3.05) is 6.54 Å². The van der Waals surface area contributed by atoms with Crippen LogP contribution < -0.4 is 10.1 Å². The minimum atomic E-state index is -0.360. The largest absolute Gasteiger partial charge is 0.489 e. The van der Waals surface area contributed by atoms with Crippen molar-refractivity contribution in [1.82, 2.24) is 5.32 Å². The molecule has 0 fully saturated rings. The van der Waals surface area contributed by atoms with E-state index < -0.39 is 0 Å². The van der Waals surface area contributed by atoms with Gasteiger partial charge in [0.2, 0.25) is 0 Å². The van der Waals surface area contributed by atoms with E-state index in [1.165, 1.54) is 0 Å². The molecule has 4 heteroatoms. The lowest BCUT2D eigenvalue weighted by Gasteiger charge is -2.13.